The zero-order valence-electron chi connectivity index (χ0n) is 15.9. The summed E-state index contributed by atoms with van der Waals surface area (Å²) in [6.07, 6.45) is 11.0. The summed E-state index contributed by atoms with van der Waals surface area (Å²) in [5.41, 5.74) is 11.2. The molecule has 0 unspecified atom stereocenters. The highest BCUT2D eigenvalue weighted by Crippen LogP contribution is 2.22. The Balaban J connectivity index is 2.25. The average molecular weight is 351 g/mol. The Kier molecular flexibility index (Phi) is 7.83. The van der Waals surface area contributed by atoms with Gasteiger partial charge in [-0.15, -0.1) is 0 Å². The predicted molar refractivity (Wildman–Crippen MR) is 110 cm³/mol. The molecule has 138 valence electrons. The average Bonchev–Trinajstić information content (AvgIpc) is 2.68. The van der Waals surface area contributed by atoms with Gasteiger partial charge in [-0.1, -0.05) is 38.5 Å². The Labute approximate surface area is 156 Å². The summed E-state index contributed by atoms with van der Waals surface area (Å²) in [7, 11) is 1.87. The summed E-state index contributed by atoms with van der Waals surface area (Å²) in [5.74, 6) is 0.575. The van der Waals surface area contributed by atoms with E-state index in [2.05, 4.69) is 58.7 Å². The first kappa shape index (κ1) is 19.7. The molecule has 0 saturated heterocycles. The van der Waals surface area contributed by atoms with Crippen molar-refractivity contribution >= 4 is 5.95 Å². The molecule has 1 aromatic carbocycles. The van der Waals surface area contributed by atoms with E-state index in [0.717, 1.165) is 36.2 Å². The fourth-order valence-corrected chi connectivity index (χ4v) is 2.68. The maximum absolute atomic E-state index is 5.82. The van der Waals surface area contributed by atoms with Gasteiger partial charge in [0.15, 0.2) is 0 Å². The first-order valence-electron chi connectivity index (χ1n) is 9.18. The van der Waals surface area contributed by atoms with Gasteiger partial charge in [0, 0.05) is 31.6 Å². The Bertz CT molecular complexity index is 765. The van der Waals surface area contributed by atoms with Crippen LogP contribution in [0.3, 0.4) is 0 Å². The second-order valence-electron chi connectivity index (χ2n) is 6.01. The maximum atomic E-state index is 5.82. The van der Waals surface area contributed by atoms with Crippen LogP contribution >= 0.6 is 0 Å². The molecule has 0 aliphatic carbocycles. The quantitative estimate of drug-likeness (QED) is 0.596. The van der Waals surface area contributed by atoms with Gasteiger partial charge in [-0.2, -0.15) is 0 Å². The highest BCUT2D eigenvalue weighted by atomic mass is 15.1. The van der Waals surface area contributed by atoms with E-state index in [0.29, 0.717) is 12.5 Å². The second kappa shape index (κ2) is 10.4. The third-order valence-corrected chi connectivity index (χ3v) is 4.07. The number of benzene rings is 1. The number of unbranched alkanes of at least 4 members (excludes halogenated alkanes) is 1. The maximum Gasteiger partial charge on any atom is 0.227 e. The summed E-state index contributed by atoms with van der Waals surface area (Å²) in [4.78, 5) is 9.01. The molecular formula is C21H29N5. The van der Waals surface area contributed by atoms with Crippen molar-refractivity contribution in [3.05, 3.63) is 65.6 Å². The minimum absolute atomic E-state index is 0.558. The third-order valence-electron chi connectivity index (χ3n) is 4.07. The molecule has 0 atom stereocenters. The summed E-state index contributed by atoms with van der Waals surface area (Å²) in [6.45, 7) is 4.86. The lowest BCUT2D eigenvalue weighted by Gasteiger charge is -2.10. The van der Waals surface area contributed by atoms with Gasteiger partial charge in [0.25, 0.3) is 0 Å². The van der Waals surface area contributed by atoms with Crippen molar-refractivity contribution < 1.29 is 0 Å². The molecule has 5 heteroatoms. The van der Waals surface area contributed by atoms with Crippen LogP contribution < -0.4 is 16.4 Å². The van der Waals surface area contributed by atoms with Crippen LogP contribution in [0.5, 0.6) is 0 Å². The van der Waals surface area contributed by atoms with E-state index in [1.165, 1.54) is 11.1 Å². The van der Waals surface area contributed by atoms with Crippen molar-refractivity contribution in [2.24, 2.45) is 5.73 Å². The number of nitrogens with one attached hydrogen (secondary N) is 2. The summed E-state index contributed by atoms with van der Waals surface area (Å²) < 4.78 is 0. The van der Waals surface area contributed by atoms with E-state index in [1.807, 2.05) is 25.4 Å². The molecule has 0 radical (unpaired) electrons. The number of nitrogens with zero attached hydrogens (tertiary/aromatic N) is 2. The Morgan fingerprint density at radius 3 is 2.73 bits per heavy atom. The van der Waals surface area contributed by atoms with E-state index in [-0.39, 0.29) is 0 Å². The van der Waals surface area contributed by atoms with Gasteiger partial charge in [-0.25, -0.2) is 9.97 Å². The zero-order chi connectivity index (χ0) is 18.8. The Morgan fingerprint density at radius 1 is 1.19 bits per heavy atom. The molecule has 26 heavy (non-hydrogen) atoms. The molecule has 0 amide bonds. The Morgan fingerprint density at radius 2 is 2.04 bits per heavy atom. The molecule has 0 aliphatic heterocycles. The fraction of sp³-hybridized carbons (Fsp3) is 0.333. The lowest BCUT2D eigenvalue weighted by atomic mass is 10.0. The van der Waals surface area contributed by atoms with Crippen LogP contribution in [0.15, 0.2) is 54.5 Å². The number of allylic oxidation sites excluding steroid dienone is 2. The number of aryl methyl sites for hydroxylation is 1. The predicted octanol–water partition coefficient (Wildman–Crippen LogP) is 3.99. The van der Waals surface area contributed by atoms with Crippen LogP contribution in [-0.2, 0) is 13.0 Å². The van der Waals surface area contributed by atoms with Crippen LogP contribution in [0.4, 0.5) is 5.95 Å². The normalized spacial score (nSPS) is 11.8. The molecule has 1 heterocycles. The molecule has 2 aromatic rings. The molecule has 0 fully saturated rings. The third kappa shape index (κ3) is 5.43. The van der Waals surface area contributed by atoms with Crippen molar-refractivity contribution in [2.75, 3.05) is 12.4 Å². The van der Waals surface area contributed by atoms with Crippen molar-refractivity contribution in [1.82, 2.24) is 15.3 Å². The molecule has 0 saturated carbocycles. The van der Waals surface area contributed by atoms with Crippen molar-refractivity contribution in [2.45, 2.75) is 39.7 Å². The van der Waals surface area contributed by atoms with Crippen molar-refractivity contribution in [1.29, 1.82) is 0 Å². The number of nitrogens with two attached hydrogens (primary N) is 1. The number of anilines is 1. The highest BCUT2D eigenvalue weighted by Gasteiger charge is 2.06. The molecule has 0 aliphatic rings. The SMILES string of the molecule is CCC/C=C\C(=C/NC)Nc1nccc(-c2ccc(CN)c(CC)c2)n1. The van der Waals surface area contributed by atoms with E-state index in [4.69, 9.17) is 5.73 Å². The van der Waals surface area contributed by atoms with Crippen LogP contribution in [0.1, 0.15) is 37.8 Å². The van der Waals surface area contributed by atoms with Gasteiger partial charge in [-0.05, 0) is 42.2 Å². The smallest absolute Gasteiger partial charge is 0.227 e. The minimum atomic E-state index is 0.558. The lowest BCUT2D eigenvalue weighted by Crippen LogP contribution is -2.06. The van der Waals surface area contributed by atoms with Gasteiger partial charge >= 0.3 is 0 Å². The molecule has 0 bridgehead atoms. The van der Waals surface area contributed by atoms with E-state index in [1.54, 1.807) is 6.20 Å². The molecule has 1 aromatic heterocycles. The number of hydrogen-bond donors (Lipinski definition) is 3. The van der Waals surface area contributed by atoms with E-state index in [9.17, 15) is 0 Å². The topological polar surface area (TPSA) is 75.9 Å². The van der Waals surface area contributed by atoms with Gasteiger partial charge in [0.05, 0.1) is 11.4 Å². The summed E-state index contributed by atoms with van der Waals surface area (Å²) in [5, 5.41) is 6.32. The van der Waals surface area contributed by atoms with Crippen LogP contribution in [-0.4, -0.2) is 17.0 Å². The number of hydrogen-bond acceptors (Lipinski definition) is 5. The number of aromatic nitrogens is 2. The van der Waals surface area contributed by atoms with Crippen molar-refractivity contribution in [3.63, 3.8) is 0 Å². The molecule has 5 nitrogen and oxygen atoms in total. The van der Waals surface area contributed by atoms with Crippen molar-refractivity contribution in [3.8, 4) is 11.3 Å². The highest BCUT2D eigenvalue weighted by molar-refractivity contribution is 5.62. The van der Waals surface area contributed by atoms with Gasteiger partial charge in [0.1, 0.15) is 0 Å². The second-order valence-corrected chi connectivity index (χ2v) is 6.01. The van der Waals surface area contributed by atoms with E-state index >= 15 is 0 Å². The largest absolute Gasteiger partial charge is 0.392 e. The first-order chi connectivity index (χ1) is 12.7. The van der Waals surface area contributed by atoms with Gasteiger partial charge < -0.3 is 16.4 Å². The first-order valence-corrected chi connectivity index (χ1v) is 9.18. The monoisotopic (exact) mass is 351 g/mol. The summed E-state index contributed by atoms with van der Waals surface area (Å²) >= 11 is 0. The van der Waals surface area contributed by atoms with Crippen LogP contribution in [0.2, 0.25) is 0 Å². The van der Waals surface area contributed by atoms with Gasteiger partial charge in [-0.3, -0.25) is 0 Å². The zero-order valence-corrected chi connectivity index (χ0v) is 15.9. The fourth-order valence-electron chi connectivity index (χ4n) is 2.68. The van der Waals surface area contributed by atoms with Crippen LogP contribution in [0, 0.1) is 0 Å². The standard InChI is InChI=1S/C21H29N5/c1-4-6-7-8-19(15-23-3)25-21-24-12-11-20(26-21)17-9-10-18(14-22)16(5-2)13-17/h7-13,15,23H,4-6,14,22H2,1-3H3,(H,24,25,26)/b8-7-,19-15+. The Hall–Kier alpha value is -2.66. The molecular weight excluding hydrogens is 322 g/mol. The number of rotatable bonds is 9. The molecule has 4 N–H and O–H groups in total. The van der Waals surface area contributed by atoms with Crippen LogP contribution in [0.25, 0.3) is 11.3 Å². The minimum Gasteiger partial charge on any atom is -0.392 e. The molecule has 2 rings (SSSR count). The molecule has 0 spiro atoms. The van der Waals surface area contributed by atoms with E-state index < -0.39 is 0 Å². The van der Waals surface area contributed by atoms with Gasteiger partial charge in [0.2, 0.25) is 5.95 Å². The summed E-state index contributed by atoms with van der Waals surface area (Å²) in [6, 6.07) is 8.25. The lowest BCUT2D eigenvalue weighted by molar-refractivity contribution is 0.956.